The van der Waals surface area contributed by atoms with E-state index < -0.39 is 0 Å². The molecule has 0 saturated heterocycles. The average Bonchev–Trinajstić information content (AvgIpc) is 3.18. The van der Waals surface area contributed by atoms with Gasteiger partial charge in [-0.25, -0.2) is 9.98 Å². The first-order valence-corrected chi connectivity index (χ1v) is 9.72. The summed E-state index contributed by atoms with van der Waals surface area (Å²) in [5, 5.41) is 6.52. The van der Waals surface area contributed by atoms with Gasteiger partial charge in [0.1, 0.15) is 12.0 Å². The summed E-state index contributed by atoms with van der Waals surface area (Å²) in [4.78, 5) is 20.2. The lowest BCUT2D eigenvalue weighted by Gasteiger charge is -2.10. The third-order valence-electron chi connectivity index (χ3n) is 4.17. The second-order valence-corrected chi connectivity index (χ2v) is 6.52. The summed E-state index contributed by atoms with van der Waals surface area (Å²) >= 11 is 0. The van der Waals surface area contributed by atoms with Crippen LogP contribution in [0.4, 0.5) is 0 Å². The van der Waals surface area contributed by atoms with Crippen molar-refractivity contribution >= 4 is 35.9 Å². The molecule has 0 bridgehead atoms. The molecule has 29 heavy (non-hydrogen) atoms. The van der Waals surface area contributed by atoms with Gasteiger partial charge in [-0.1, -0.05) is 24.1 Å². The van der Waals surface area contributed by atoms with Crippen LogP contribution in [0.3, 0.4) is 0 Å². The molecule has 0 saturated carbocycles. The van der Waals surface area contributed by atoms with Crippen LogP contribution in [0.15, 0.2) is 39.9 Å². The Kier molecular flexibility index (Phi) is 12.0. The fraction of sp³-hybridized carbons (Fsp3) is 0.476. The fourth-order valence-electron chi connectivity index (χ4n) is 2.59. The molecule has 8 heteroatoms. The highest BCUT2D eigenvalue weighted by atomic mass is 127. The molecular weight excluding hydrogens is 483 g/mol. The Hall–Kier alpha value is -2.10. The number of hydrogen-bond donors (Lipinski definition) is 2. The largest absolute Gasteiger partial charge is 0.469 e. The maximum atomic E-state index is 11.1. The Morgan fingerprint density at radius 2 is 1.93 bits per heavy atom. The maximum absolute atomic E-state index is 11.1. The van der Waals surface area contributed by atoms with Crippen LogP contribution >= 0.6 is 24.0 Å². The lowest BCUT2D eigenvalue weighted by molar-refractivity contribution is -0.140. The number of benzene rings is 1. The number of esters is 1. The zero-order valence-electron chi connectivity index (χ0n) is 17.4. The van der Waals surface area contributed by atoms with E-state index in [0.29, 0.717) is 18.9 Å². The van der Waals surface area contributed by atoms with E-state index >= 15 is 0 Å². The molecule has 1 heterocycles. The van der Waals surface area contributed by atoms with Crippen molar-refractivity contribution in [1.82, 2.24) is 15.6 Å². The number of guanidine groups is 1. The number of methoxy groups -OCH3 is 1. The second kappa shape index (κ2) is 14.0. The second-order valence-electron chi connectivity index (χ2n) is 6.52. The minimum absolute atomic E-state index is 0. The number of carbonyl (C=O) groups excluding carboxylic acids is 1. The average molecular weight is 514 g/mol. The van der Waals surface area contributed by atoms with Gasteiger partial charge in [0.15, 0.2) is 5.96 Å². The van der Waals surface area contributed by atoms with Gasteiger partial charge in [-0.15, -0.1) is 24.0 Å². The summed E-state index contributed by atoms with van der Waals surface area (Å²) in [5.41, 5.74) is 2.94. The number of halogens is 1. The molecular formula is C21H31IN4O3. The monoisotopic (exact) mass is 514 g/mol. The van der Waals surface area contributed by atoms with Crippen LogP contribution in [0.5, 0.6) is 0 Å². The number of unbranched alkanes of at least 4 members (excludes halogenated alkanes) is 2. The molecule has 0 unspecified atom stereocenters. The first kappa shape index (κ1) is 24.9. The Morgan fingerprint density at radius 3 is 2.62 bits per heavy atom. The highest BCUT2D eigenvalue weighted by Crippen LogP contribution is 2.19. The van der Waals surface area contributed by atoms with Gasteiger partial charge in [-0.2, -0.15) is 0 Å². The SMILES string of the molecule is CCNC(=NCc1coc(-c2ccc(C)cc2)n1)NCCCCCC(=O)OC.I. The van der Waals surface area contributed by atoms with Crippen LogP contribution in [0.1, 0.15) is 43.9 Å². The van der Waals surface area contributed by atoms with Crippen LogP contribution in [0, 0.1) is 6.92 Å². The molecule has 0 spiro atoms. The minimum Gasteiger partial charge on any atom is -0.469 e. The van der Waals surface area contributed by atoms with Crippen molar-refractivity contribution in [2.45, 2.75) is 46.1 Å². The van der Waals surface area contributed by atoms with E-state index in [4.69, 9.17) is 4.42 Å². The number of nitrogens with zero attached hydrogens (tertiary/aromatic N) is 2. The third kappa shape index (κ3) is 9.29. The molecule has 2 rings (SSSR count). The predicted octanol–water partition coefficient (Wildman–Crippen LogP) is 4.06. The molecule has 0 radical (unpaired) electrons. The Balaban J connectivity index is 0.00000420. The number of aliphatic imine (C=N–C) groups is 1. The molecule has 0 aliphatic heterocycles. The summed E-state index contributed by atoms with van der Waals surface area (Å²) < 4.78 is 10.2. The Bertz CT molecular complexity index is 760. The summed E-state index contributed by atoms with van der Waals surface area (Å²) in [6.07, 6.45) is 4.88. The number of aromatic nitrogens is 1. The van der Waals surface area contributed by atoms with Crippen molar-refractivity contribution in [2.24, 2.45) is 4.99 Å². The van der Waals surface area contributed by atoms with Gasteiger partial charge in [0, 0.05) is 25.1 Å². The molecule has 160 valence electrons. The van der Waals surface area contributed by atoms with Crippen molar-refractivity contribution in [1.29, 1.82) is 0 Å². The number of nitrogens with one attached hydrogen (secondary N) is 2. The van der Waals surface area contributed by atoms with Crippen LogP contribution in [-0.2, 0) is 16.1 Å². The number of rotatable bonds is 10. The molecule has 1 aromatic carbocycles. The Labute approximate surface area is 189 Å². The lowest BCUT2D eigenvalue weighted by atomic mass is 10.1. The molecule has 0 aliphatic carbocycles. The molecule has 2 N–H and O–H groups in total. The fourth-order valence-corrected chi connectivity index (χ4v) is 2.59. The van der Waals surface area contributed by atoms with E-state index in [2.05, 4.69) is 25.3 Å². The Morgan fingerprint density at radius 1 is 1.17 bits per heavy atom. The van der Waals surface area contributed by atoms with Gasteiger partial charge in [0.25, 0.3) is 0 Å². The van der Waals surface area contributed by atoms with E-state index in [1.165, 1.54) is 12.7 Å². The third-order valence-corrected chi connectivity index (χ3v) is 4.17. The zero-order valence-corrected chi connectivity index (χ0v) is 19.7. The first-order valence-electron chi connectivity index (χ1n) is 9.72. The van der Waals surface area contributed by atoms with Gasteiger partial charge < -0.3 is 19.8 Å². The number of aryl methyl sites for hydroxylation is 1. The number of ether oxygens (including phenoxy) is 1. The summed E-state index contributed by atoms with van der Waals surface area (Å²) in [7, 11) is 1.42. The quantitative estimate of drug-likeness (QED) is 0.164. The molecule has 0 fully saturated rings. The predicted molar refractivity (Wildman–Crippen MR) is 125 cm³/mol. The molecule has 7 nitrogen and oxygen atoms in total. The van der Waals surface area contributed by atoms with Gasteiger partial charge in [-0.3, -0.25) is 4.79 Å². The first-order chi connectivity index (χ1) is 13.6. The number of hydrogen-bond acceptors (Lipinski definition) is 5. The highest BCUT2D eigenvalue weighted by Gasteiger charge is 2.07. The van der Waals surface area contributed by atoms with Crippen LogP contribution in [0.2, 0.25) is 0 Å². The van der Waals surface area contributed by atoms with E-state index in [1.54, 1.807) is 6.26 Å². The van der Waals surface area contributed by atoms with Crippen LogP contribution < -0.4 is 10.6 Å². The molecule has 0 amide bonds. The van der Waals surface area contributed by atoms with Gasteiger partial charge in [0.05, 0.1) is 13.7 Å². The summed E-state index contributed by atoms with van der Waals surface area (Å²) in [6, 6.07) is 8.07. The van der Waals surface area contributed by atoms with Gasteiger partial charge >= 0.3 is 5.97 Å². The van der Waals surface area contributed by atoms with Gasteiger partial charge in [0.2, 0.25) is 5.89 Å². The van der Waals surface area contributed by atoms with Crippen LogP contribution in [0.25, 0.3) is 11.5 Å². The van der Waals surface area contributed by atoms with E-state index in [9.17, 15) is 4.79 Å². The van der Waals surface area contributed by atoms with Crippen molar-refractivity contribution < 1.29 is 13.9 Å². The van der Waals surface area contributed by atoms with Crippen molar-refractivity contribution in [3.8, 4) is 11.5 Å². The number of oxazole rings is 1. The minimum atomic E-state index is -0.152. The highest BCUT2D eigenvalue weighted by molar-refractivity contribution is 14.0. The maximum Gasteiger partial charge on any atom is 0.305 e. The lowest BCUT2D eigenvalue weighted by Crippen LogP contribution is -2.37. The zero-order chi connectivity index (χ0) is 20.2. The number of carbonyl (C=O) groups is 1. The van der Waals surface area contributed by atoms with Crippen molar-refractivity contribution in [2.75, 3.05) is 20.2 Å². The summed E-state index contributed by atoms with van der Waals surface area (Å²) in [5.74, 6) is 1.20. The smallest absolute Gasteiger partial charge is 0.305 e. The molecule has 1 aromatic heterocycles. The molecule has 0 aliphatic rings. The molecule has 0 atom stereocenters. The van der Waals surface area contributed by atoms with Crippen LogP contribution in [-0.4, -0.2) is 37.1 Å². The molecule has 2 aromatic rings. The summed E-state index contributed by atoms with van der Waals surface area (Å²) in [6.45, 7) is 6.09. The topological polar surface area (TPSA) is 88.8 Å². The van der Waals surface area contributed by atoms with E-state index in [-0.39, 0.29) is 29.9 Å². The van der Waals surface area contributed by atoms with Crippen molar-refractivity contribution in [3.63, 3.8) is 0 Å². The standard InChI is InChI=1S/C21H30N4O3.HI/c1-4-22-21(23-13-7-5-6-8-19(26)27-3)24-14-18-15-28-20(25-18)17-11-9-16(2)10-12-17;/h9-12,15H,4-8,13-14H2,1-3H3,(H2,22,23,24);1H. The van der Waals surface area contributed by atoms with E-state index in [1.807, 2.05) is 38.1 Å². The normalized spacial score (nSPS) is 10.9. The van der Waals surface area contributed by atoms with Crippen molar-refractivity contribution in [3.05, 3.63) is 41.8 Å². The van der Waals surface area contributed by atoms with E-state index in [0.717, 1.165) is 49.6 Å². The van der Waals surface area contributed by atoms with Gasteiger partial charge in [-0.05, 0) is 38.8 Å².